The largest absolute Gasteiger partial charge is 0.493 e. The van der Waals surface area contributed by atoms with Crippen LogP contribution < -0.4 is 14.8 Å². The van der Waals surface area contributed by atoms with E-state index in [2.05, 4.69) is 43.3 Å². The molecule has 1 N–H and O–H groups in total. The molecule has 0 saturated heterocycles. The summed E-state index contributed by atoms with van der Waals surface area (Å²) in [5, 5.41) is 5.50. The van der Waals surface area contributed by atoms with Gasteiger partial charge in [0, 0.05) is 35.1 Å². The van der Waals surface area contributed by atoms with Gasteiger partial charge in [0.05, 0.1) is 19.9 Å². The summed E-state index contributed by atoms with van der Waals surface area (Å²) in [6.45, 7) is 2.50. The van der Waals surface area contributed by atoms with Gasteiger partial charge in [0.2, 0.25) is 0 Å². The zero-order valence-corrected chi connectivity index (χ0v) is 19.2. The van der Waals surface area contributed by atoms with Crippen LogP contribution in [0.3, 0.4) is 0 Å². The van der Waals surface area contributed by atoms with Crippen molar-refractivity contribution in [2.75, 3.05) is 26.1 Å². The van der Waals surface area contributed by atoms with Gasteiger partial charge < -0.3 is 9.47 Å². The van der Waals surface area contributed by atoms with Gasteiger partial charge in [-0.05, 0) is 47.9 Å². The third-order valence-electron chi connectivity index (χ3n) is 5.04. The summed E-state index contributed by atoms with van der Waals surface area (Å²) in [6, 6.07) is 11.4. The molecule has 0 spiro atoms. The number of carbonyl (C=O) groups is 1. The van der Waals surface area contributed by atoms with Crippen molar-refractivity contribution in [1.29, 1.82) is 0 Å². The van der Waals surface area contributed by atoms with Crippen LogP contribution in [0.2, 0.25) is 0 Å². The number of amides is 1. The number of nitrogens with zero attached hydrogens (tertiary/aromatic N) is 2. The van der Waals surface area contributed by atoms with E-state index in [-0.39, 0.29) is 5.91 Å². The summed E-state index contributed by atoms with van der Waals surface area (Å²) in [5.41, 5.74) is 4.09. The lowest BCUT2D eigenvalue weighted by Gasteiger charge is -2.29. The molecule has 2 heterocycles. The molecule has 3 aromatic rings. The second-order valence-corrected chi connectivity index (χ2v) is 8.82. The monoisotopic (exact) mass is 487 g/mol. The molecule has 1 aliphatic rings. The number of methoxy groups -OCH3 is 2. The van der Waals surface area contributed by atoms with Crippen molar-refractivity contribution < 1.29 is 14.3 Å². The van der Waals surface area contributed by atoms with Crippen molar-refractivity contribution in [3.8, 4) is 11.5 Å². The third-order valence-corrected chi connectivity index (χ3v) is 6.34. The lowest BCUT2D eigenvalue weighted by Crippen LogP contribution is -2.30. The van der Waals surface area contributed by atoms with Crippen LogP contribution in [0.5, 0.6) is 11.5 Å². The number of benzene rings is 2. The Morgan fingerprint density at radius 2 is 1.97 bits per heavy atom. The molecule has 156 valence electrons. The SMILES string of the molecule is COc1cc2c(cc1OC)CN(Cc1csc(NC(=O)c3cccc(Br)c3)n1)CC2. The molecule has 0 atom stereocenters. The molecular formula is C22H22BrN3O3S. The maximum atomic E-state index is 12.4. The van der Waals surface area contributed by atoms with Gasteiger partial charge in [-0.2, -0.15) is 0 Å². The summed E-state index contributed by atoms with van der Waals surface area (Å²) in [4.78, 5) is 19.4. The van der Waals surface area contributed by atoms with Crippen molar-refractivity contribution in [3.05, 3.63) is 68.6 Å². The number of fused-ring (bicyclic) bond motifs is 1. The fraction of sp³-hybridized carbons (Fsp3) is 0.273. The summed E-state index contributed by atoms with van der Waals surface area (Å²) < 4.78 is 11.7. The van der Waals surface area contributed by atoms with Gasteiger partial charge in [-0.3, -0.25) is 15.0 Å². The van der Waals surface area contributed by atoms with E-state index in [1.807, 2.05) is 17.5 Å². The number of thiazole rings is 1. The molecule has 0 unspecified atom stereocenters. The predicted molar refractivity (Wildman–Crippen MR) is 122 cm³/mol. The molecule has 0 radical (unpaired) electrons. The Labute approximate surface area is 188 Å². The van der Waals surface area contributed by atoms with E-state index in [1.54, 1.807) is 26.4 Å². The third kappa shape index (κ3) is 4.66. The van der Waals surface area contributed by atoms with E-state index < -0.39 is 0 Å². The molecular weight excluding hydrogens is 466 g/mol. The zero-order valence-electron chi connectivity index (χ0n) is 16.8. The lowest BCUT2D eigenvalue weighted by molar-refractivity contribution is 0.102. The standard InChI is InChI=1S/C22H22BrN3O3S/c1-28-19-9-14-6-7-26(11-16(14)10-20(19)29-2)12-18-13-30-22(24-18)25-21(27)15-4-3-5-17(23)8-15/h3-5,8-10,13H,6-7,11-12H2,1-2H3,(H,24,25,27). The fourth-order valence-corrected chi connectivity index (χ4v) is 4.64. The first kappa shape index (κ1) is 20.8. The van der Waals surface area contributed by atoms with Gasteiger partial charge in [-0.15, -0.1) is 11.3 Å². The summed E-state index contributed by atoms with van der Waals surface area (Å²) >= 11 is 4.83. The van der Waals surface area contributed by atoms with E-state index in [1.165, 1.54) is 22.5 Å². The van der Waals surface area contributed by atoms with Crippen molar-refractivity contribution in [3.63, 3.8) is 0 Å². The summed E-state index contributed by atoms with van der Waals surface area (Å²) in [7, 11) is 3.32. The number of carbonyl (C=O) groups excluding carboxylic acids is 1. The second-order valence-electron chi connectivity index (χ2n) is 7.05. The van der Waals surface area contributed by atoms with E-state index in [0.29, 0.717) is 10.7 Å². The Balaban J connectivity index is 1.40. The summed E-state index contributed by atoms with van der Waals surface area (Å²) in [5.74, 6) is 1.37. The van der Waals surface area contributed by atoms with Gasteiger partial charge >= 0.3 is 0 Å². The van der Waals surface area contributed by atoms with Gasteiger partial charge in [-0.25, -0.2) is 4.98 Å². The van der Waals surface area contributed by atoms with Crippen LogP contribution in [0.15, 0.2) is 46.3 Å². The van der Waals surface area contributed by atoms with Crippen LogP contribution in [0.1, 0.15) is 27.2 Å². The van der Waals surface area contributed by atoms with E-state index >= 15 is 0 Å². The molecule has 1 aromatic heterocycles. The van der Waals surface area contributed by atoms with Gasteiger partial charge in [0.15, 0.2) is 16.6 Å². The molecule has 0 aliphatic carbocycles. The molecule has 0 bridgehead atoms. The van der Waals surface area contributed by atoms with Crippen LogP contribution in [0, 0.1) is 0 Å². The molecule has 1 amide bonds. The number of aromatic nitrogens is 1. The van der Waals surface area contributed by atoms with Crippen LogP contribution in [0.25, 0.3) is 0 Å². The maximum absolute atomic E-state index is 12.4. The highest BCUT2D eigenvalue weighted by Gasteiger charge is 2.20. The number of halogens is 1. The molecule has 2 aromatic carbocycles. The summed E-state index contributed by atoms with van der Waals surface area (Å²) in [6.07, 6.45) is 0.951. The van der Waals surface area contributed by atoms with Crippen LogP contribution >= 0.6 is 27.3 Å². The first-order valence-electron chi connectivity index (χ1n) is 9.53. The average Bonchev–Trinajstić information content (AvgIpc) is 3.19. The minimum atomic E-state index is -0.162. The van der Waals surface area contributed by atoms with Crippen molar-refractivity contribution in [2.45, 2.75) is 19.5 Å². The molecule has 6 nitrogen and oxygen atoms in total. The highest BCUT2D eigenvalue weighted by molar-refractivity contribution is 9.10. The van der Waals surface area contributed by atoms with Crippen LogP contribution in [0.4, 0.5) is 5.13 Å². The number of nitrogens with one attached hydrogen (secondary N) is 1. The number of rotatable bonds is 6. The molecule has 4 rings (SSSR count). The molecule has 0 fully saturated rings. The number of hydrogen-bond donors (Lipinski definition) is 1. The number of hydrogen-bond acceptors (Lipinski definition) is 6. The Morgan fingerprint density at radius 1 is 1.20 bits per heavy atom. The number of ether oxygens (including phenoxy) is 2. The van der Waals surface area contributed by atoms with E-state index in [4.69, 9.17) is 9.47 Å². The molecule has 8 heteroatoms. The predicted octanol–water partition coefficient (Wildman–Crippen LogP) is 4.73. The molecule has 30 heavy (non-hydrogen) atoms. The minimum absolute atomic E-state index is 0.162. The van der Waals surface area contributed by atoms with Gasteiger partial charge in [0.25, 0.3) is 5.91 Å². The normalized spacial score (nSPS) is 13.6. The van der Waals surface area contributed by atoms with Gasteiger partial charge in [-0.1, -0.05) is 22.0 Å². The fourth-order valence-electron chi connectivity index (χ4n) is 3.54. The van der Waals surface area contributed by atoms with Crippen molar-refractivity contribution >= 4 is 38.3 Å². The topological polar surface area (TPSA) is 63.7 Å². The number of anilines is 1. The first-order chi connectivity index (χ1) is 14.6. The second kappa shape index (κ2) is 9.16. The Hall–Kier alpha value is -2.42. The average molecular weight is 488 g/mol. The molecule has 1 aliphatic heterocycles. The Kier molecular flexibility index (Phi) is 6.36. The highest BCUT2D eigenvalue weighted by Crippen LogP contribution is 2.33. The zero-order chi connectivity index (χ0) is 21.1. The molecule has 0 saturated carbocycles. The van der Waals surface area contributed by atoms with Crippen molar-refractivity contribution in [2.24, 2.45) is 0 Å². The van der Waals surface area contributed by atoms with Crippen LogP contribution in [-0.2, 0) is 19.5 Å². The van der Waals surface area contributed by atoms with E-state index in [9.17, 15) is 4.79 Å². The van der Waals surface area contributed by atoms with Gasteiger partial charge in [0.1, 0.15) is 0 Å². The quantitative estimate of drug-likeness (QED) is 0.544. The van der Waals surface area contributed by atoms with Crippen LogP contribution in [-0.4, -0.2) is 36.6 Å². The Morgan fingerprint density at radius 3 is 2.70 bits per heavy atom. The maximum Gasteiger partial charge on any atom is 0.257 e. The highest BCUT2D eigenvalue weighted by atomic mass is 79.9. The first-order valence-corrected chi connectivity index (χ1v) is 11.2. The van der Waals surface area contributed by atoms with E-state index in [0.717, 1.165) is 47.7 Å². The lowest BCUT2D eigenvalue weighted by atomic mass is 9.98. The van der Waals surface area contributed by atoms with Crippen molar-refractivity contribution in [1.82, 2.24) is 9.88 Å². The smallest absolute Gasteiger partial charge is 0.257 e. The Bertz CT molecular complexity index is 1070. The minimum Gasteiger partial charge on any atom is -0.493 e.